The summed E-state index contributed by atoms with van der Waals surface area (Å²) in [6, 6.07) is 3.61. The number of esters is 3. The molecule has 0 aromatic heterocycles. The molecule has 0 amide bonds. The summed E-state index contributed by atoms with van der Waals surface area (Å²) in [5, 5.41) is 0. The quantitative estimate of drug-likeness (QED) is 0.209. The van der Waals surface area contributed by atoms with Crippen molar-refractivity contribution in [3.63, 3.8) is 0 Å². The van der Waals surface area contributed by atoms with Crippen LogP contribution in [0.25, 0.3) is 0 Å². The molecule has 3 atom stereocenters. The standard InChI is InChI=1S/C31H49NO9/c1-12-29(6,7)26(34)39-23-16-15-21(18-24(23)40-27(35)30(8,9)13-2)17-22(32)25(33)37-19(4)20(5)38-28(36)41-31(10,11)14-3/h15-16,18-20,22H,12-14,17,32H2,1-11H3/t19-,20-,22-/m0/s1. The molecule has 0 spiro atoms. The Balaban J connectivity index is 3.03. The highest BCUT2D eigenvalue weighted by molar-refractivity contribution is 5.81. The van der Waals surface area contributed by atoms with Crippen molar-refractivity contribution in [1.82, 2.24) is 0 Å². The van der Waals surface area contributed by atoms with Crippen molar-refractivity contribution in [2.45, 2.75) is 126 Å². The molecule has 1 aromatic carbocycles. The van der Waals surface area contributed by atoms with Crippen molar-refractivity contribution in [3.05, 3.63) is 23.8 Å². The molecule has 41 heavy (non-hydrogen) atoms. The van der Waals surface area contributed by atoms with Crippen LogP contribution in [0.1, 0.15) is 101 Å². The molecule has 0 aliphatic carbocycles. The van der Waals surface area contributed by atoms with Crippen LogP contribution in [0.4, 0.5) is 4.79 Å². The molecule has 0 aliphatic rings. The molecule has 1 aromatic rings. The zero-order chi connectivity index (χ0) is 31.8. The van der Waals surface area contributed by atoms with Crippen molar-refractivity contribution in [1.29, 1.82) is 0 Å². The van der Waals surface area contributed by atoms with E-state index in [1.165, 1.54) is 12.1 Å². The fourth-order valence-electron chi connectivity index (χ4n) is 2.88. The van der Waals surface area contributed by atoms with Crippen LogP contribution < -0.4 is 15.2 Å². The Labute approximate surface area is 244 Å². The second-order valence-electron chi connectivity index (χ2n) is 12.3. The zero-order valence-corrected chi connectivity index (χ0v) is 26.5. The van der Waals surface area contributed by atoms with Crippen LogP contribution in [0.3, 0.4) is 0 Å². The summed E-state index contributed by atoms with van der Waals surface area (Å²) in [6.45, 7) is 19.4. The lowest BCUT2D eigenvalue weighted by Crippen LogP contribution is -2.40. The summed E-state index contributed by atoms with van der Waals surface area (Å²) in [5.74, 6) is -1.52. The minimum Gasteiger partial charge on any atom is -0.458 e. The van der Waals surface area contributed by atoms with Crippen molar-refractivity contribution in [3.8, 4) is 11.5 Å². The number of ether oxygens (including phenoxy) is 5. The predicted molar refractivity (Wildman–Crippen MR) is 154 cm³/mol. The first-order chi connectivity index (χ1) is 18.8. The molecule has 0 heterocycles. The van der Waals surface area contributed by atoms with Gasteiger partial charge in [0, 0.05) is 0 Å². The van der Waals surface area contributed by atoms with Gasteiger partial charge in [-0.2, -0.15) is 0 Å². The highest BCUT2D eigenvalue weighted by atomic mass is 16.7. The van der Waals surface area contributed by atoms with Crippen molar-refractivity contribution in [2.75, 3.05) is 0 Å². The molecule has 1 rings (SSSR count). The van der Waals surface area contributed by atoms with E-state index in [9.17, 15) is 19.2 Å². The minimum absolute atomic E-state index is 0.0456. The topological polar surface area (TPSA) is 140 Å². The second-order valence-corrected chi connectivity index (χ2v) is 12.3. The Morgan fingerprint density at radius 1 is 0.756 bits per heavy atom. The van der Waals surface area contributed by atoms with Crippen LogP contribution in [0, 0.1) is 10.8 Å². The lowest BCUT2D eigenvalue weighted by Gasteiger charge is -2.26. The van der Waals surface area contributed by atoms with Gasteiger partial charge in [-0.3, -0.25) is 14.4 Å². The smallest absolute Gasteiger partial charge is 0.458 e. The van der Waals surface area contributed by atoms with Gasteiger partial charge in [0.05, 0.1) is 10.8 Å². The first kappa shape index (κ1) is 35.9. The minimum atomic E-state index is -1.07. The average molecular weight is 580 g/mol. The van der Waals surface area contributed by atoms with Gasteiger partial charge in [-0.25, -0.2) is 4.79 Å². The third-order valence-electron chi connectivity index (χ3n) is 7.50. The van der Waals surface area contributed by atoms with E-state index in [0.29, 0.717) is 24.8 Å². The molecule has 0 unspecified atom stereocenters. The summed E-state index contributed by atoms with van der Waals surface area (Å²) in [5.41, 5.74) is 4.50. The van der Waals surface area contributed by atoms with Gasteiger partial charge < -0.3 is 29.4 Å². The normalized spacial score (nSPS) is 14.3. The Hall–Kier alpha value is -3.14. The Bertz CT molecular complexity index is 1080. The maximum absolute atomic E-state index is 12.8. The van der Waals surface area contributed by atoms with Crippen molar-refractivity contribution in [2.24, 2.45) is 16.6 Å². The van der Waals surface area contributed by atoms with Crippen LogP contribution >= 0.6 is 0 Å². The number of hydrogen-bond donors (Lipinski definition) is 1. The molecule has 10 heteroatoms. The molecule has 0 aliphatic heterocycles. The molecule has 0 saturated carbocycles. The highest BCUT2D eigenvalue weighted by Gasteiger charge is 2.32. The van der Waals surface area contributed by atoms with Gasteiger partial charge in [0.1, 0.15) is 23.9 Å². The molecular weight excluding hydrogens is 530 g/mol. The van der Waals surface area contributed by atoms with Crippen LogP contribution in [0.15, 0.2) is 18.2 Å². The van der Waals surface area contributed by atoms with Gasteiger partial charge in [-0.05, 0) is 98.8 Å². The van der Waals surface area contributed by atoms with E-state index in [-0.39, 0.29) is 17.9 Å². The number of hydrogen-bond acceptors (Lipinski definition) is 10. The molecule has 10 nitrogen and oxygen atoms in total. The summed E-state index contributed by atoms with van der Waals surface area (Å²) < 4.78 is 27.2. The number of carbonyl (C=O) groups is 4. The molecule has 232 valence electrons. The molecule has 0 bridgehead atoms. The van der Waals surface area contributed by atoms with Crippen LogP contribution in [0.5, 0.6) is 11.5 Å². The molecule has 2 N–H and O–H groups in total. The van der Waals surface area contributed by atoms with Crippen LogP contribution in [-0.4, -0.2) is 47.9 Å². The van der Waals surface area contributed by atoms with E-state index in [0.717, 1.165) is 0 Å². The van der Waals surface area contributed by atoms with E-state index in [2.05, 4.69) is 0 Å². The van der Waals surface area contributed by atoms with E-state index in [4.69, 9.17) is 29.4 Å². The largest absolute Gasteiger partial charge is 0.509 e. The lowest BCUT2D eigenvalue weighted by atomic mass is 9.90. The number of nitrogens with two attached hydrogens (primary N) is 1. The van der Waals surface area contributed by atoms with Gasteiger partial charge in [-0.15, -0.1) is 0 Å². The Morgan fingerprint density at radius 3 is 1.73 bits per heavy atom. The first-order valence-electron chi connectivity index (χ1n) is 14.2. The van der Waals surface area contributed by atoms with E-state index >= 15 is 0 Å². The van der Waals surface area contributed by atoms with E-state index in [1.807, 2.05) is 20.8 Å². The maximum atomic E-state index is 12.8. The number of carbonyl (C=O) groups excluding carboxylic acids is 4. The summed E-state index contributed by atoms with van der Waals surface area (Å²) >= 11 is 0. The lowest BCUT2D eigenvalue weighted by molar-refractivity contribution is -0.156. The summed E-state index contributed by atoms with van der Waals surface area (Å²) in [4.78, 5) is 50.4. The second kappa shape index (κ2) is 14.7. The summed E-state index contributed by atoms with van der Waals surface area (Å²) in [6.07, 6.45) is -0.680. The molecular formula is C31H49NO9. The van der Waals surface area contributed by atoms with Crippen molar-refractivity contribution >= 4 is 24.1 Å². The van der Waals surface area contributed by atoms with Gasteiger partial charge in [0.25, 0.3) is 0 Å². The van der Waals surface area contributed by atoms with Crippen LogP contribution in [-0.2, 0) is 35.0 Å². The SMILES string of the molecule is CCC(C)(C)OC(=O)O[C@@H](C)[C@H](C)OC(=O)[C@@H](N)Cc1ccc(OC(=O)C(C)(C)CC)c(OC(=O)C(C)(C)CC)c1. The predicted octanol–water partition coefficient (Wildman–Crippen LogP) is 5.90. The van der Waals surface area contributed by atoms with Gasteiger partial charge in [0.15, 0.2) is 11.5 Å². The first-order valence-corrected chi connectivity index (χ1v) is 14.2. The fraction of sp³-hybridized carbons (Fsp3) is 0.677. The van der Waals surface area contributed by atoms with Gasteiger partial charge in [-0.1, -0.05) is 26.8 Å². The fourth-order valence-corrected chi connectivity index (χ4v) is 2.88. The van der Waals surface area contributed by atoms with Gasteiger partial charge >= 0.3 is 24.1 Å². The van der Waals surface area contributed by atoms with E-state index in [1.54, 1.807) is 61.5 Å². The third kappa shape index (κ3) is 11.0. The molecule has 0 radical (unpaired) electrons. The van der Waals surface area contributed by atoms with Crippen molar-refractivity contribution < 1.29 is 42.9 Å². The number of rotatable bonds is 14. The van der Waals surface area contributed by atoms with Gasteiger partial charge in [0.2, 0.25) is 0 Å². The maximum Gasteiger partial charge on any atom is 0.509 e. The molecule has 0 saturated heterocycles. The van der Waals surface area contributed by atoms with Crippen LogP contribution in [0.2, 0.25) is 0 Å². The Kier molecular flexibility index (Phi) is 12.8. The average Bonchev–Trinajstić information content (AvgIpc) is 2.89. The Morgan fingerprint density at radius 2 is 1.24 bits per heavy atom. The highest BCUT2D eigenvalue weighted by Crippen LogP contribution is 2.34. The number of benzene rings is 1. The van der Waals surface area contributed by atoms with E-state index < -0.39 is 58.7 Å². The third-order valence-corrected chi connectivity index (χ3v) is 7.50. The zero-order valence-electron chi connectivity index (χ0n) is 26.5. The summed E-state index contributed by atoms with van der Waals surface area (Å²) in [7, 11) is 0. The monoisotopic (exact) mass is 579 g/mol. The molecule has 0 fully saturated rings.